The molecule has 0 spiro atoms. The smallest absolute Gasteiger partial charge is 0.175 e. The number of benzene rings is 1. The van der Waals surface area contributed by atoms with E-state index in [4.69, 9.17) is 15.4 Å². The van der Waals surface area contributed by atoms with Crippen LogP contribution in [0.1, 0.15) is 5.56 Å². The molecule has 0 amide bonds. The van der Waals surface area contributed by atoms with Crippen LogP contribution in [0.25, 0.3) is 0 Å². The standard InChI is InChI=1S/C10H13BrFNO3/c1-14-8-5-7(12)6(3-4-16-13)9(11)10(8)15-2/h5H,3-4,13H2,1-2H3. The Bertz CT molecular complexity index is 374. The van der Waals surface area contributed by atoms with Crippen LogP contribution >= 0.6 is 15.9 Å². The monoisotopic (exact) mass is 293 g/mol. The van der Waals surface area contributed by atoms with Gasteiger partial charge in [-0.2, -0.15) is 0 Å². The molecule has 0 radical (unpaired) electrons. The van der Waals surface area contributed by atoms with Crippen molar-refractivity contribution in [2.24, 2.45) is 5.90 Å². The maximum Gasteiger partial charge on any atom is 0.175 e. The number of rotatable bonds is 5. The molecule has 0 fully saturated rings. The van der Waals surface area contributed by atoms with Crippen molar-refractivity contribution in [3.05, 3.63) is 21.9 Å². The summed E-state index contributed by atoms with van der Waals surface area (Å²) in [6, 6.07) is 1.27. The lowest BCUT2D eigenvalue weighted by Crippen LogP contribution is -2.07. The lowest BCUT2D eigenvalue weighted by atomic mass is 10.1. The molecule has 0 bridgehead atoms. The first-order valence-corrected chi connectivity index (χ1v) is 5.35. The highest BCUT2D eigenvalue weighted by Gasteiger charge is 2.17. The molecule has 1 aromatic rings. The molecule has 6 heteroatoms. The van der Waals surface area contributed by atoms with Crippen LogP contribution in [0.3, 0.4) is 0 Å². The molecule has 0 heterocycles. The fourth-order valence-electron chi connectivity index (χ4n) is 1.35. The molecule has 0 unspecified atom stereocenters. The van der Waals surface area contributed by atoms with Crippen molar-refractivity contribution >= 4 is 15.9 Å². The molecule has 0 aromatic heterocycles. The highest BCUT2D eigenvalue weighted by molar-refractivity contribution is 9.10. The SMILES string of the molecule is COc1cc(F)c(CCON)c(Br)c1OC. The van der Waals surface area contributed by atoms with Gasteiger partial charge in [0.15, 0.2) is 11.5 Å². The molecule has 2 N–H and O–H groups in total. The van der Waals surface area contributed by atoms with Gasteiger partial charge in [0.05, 0.1) is 25.3 Å². The summed E-state index contributed by atoms with van der Waals surface area (Å²) in [5, 5.41) is 0. The third-order valence-corrected chi connectivity index (χ3v) is 2.97. The van der Waals surface area contributed by atoms with Gasteiger partial charge in [-0.1, -0.05) is 0 Å². The van der Waals surface area contributed by atoms with E-state index in [2.05, 4.69) is 20.8 Å². The maximum absolute atomic E-state index is 13.7. The summed E-state index contributed by atoms with van der Waals surface area (Å²) in [5.74, 6) is 5.31. The van der Waals surface area contributed by atoms with Crippen molar-refractivity contribution in [2.75, 3.05) is 20.8 Å². The van der Waals surface area contributed by atoms with E-state index in [1.165, 1.54) is 20.3 Å². The van der Waals surface area contributed by atoms with Crippen LogP contribution in [0.2, 0.25) is 0 Å². The van der Waals surface area contributed by atoms with Gasteiger partial charge in [0.2, 0.25) is 0 Å². The van der Waals surface area contributed by atoms with Gasteiger partial charge in [-0.15, -0.1) is 0 Å². The second-order valence-corrected chi connectivity index (χ2v) is 3.80. The van der Waals surface area contributed by atoms with Crippen molar-refractivity contribution in [2.45, 2.75) is 6.42 Å². The Morgan fingerprint density at radius 1 is 1.38 bits per heavy atom. The van der Waals surface area contributed by atoms with Crippen LogP contribution in [-0.2, 0) is 11.3 Å². The van der Waals surface area contributed by atoms with Gasteiger partial charge < -0.3 is 14.3 Å². The number of hydrogen-bond donors (Lipinski definition) is 1. The Morgan fingerprint density at radius 2 is 2.06 bits per heavy atom. The fraction of sp³-hybridized carbons (Fsp3) is 0.400. The first-order chi connectivity index (χ1) is 7.65. The lowest BCUT2D eigenvalue weighted by molar-refractivity contribution is 0.140. The van der Waals surface area contributed by atoms with Crippen LogP contribution in [0.5, 0.6) is 11.5 Å². The van der Waals surface area contributed by atoms with Crippen molar-refractivity contribution in [3.63, 3.8) is 0 Å². The van der Waals surface area contributed by atoms with Crippen LogP contribution < -0.4 is 15.4 Å². The second kappa shape index (κ2) is 6.03. The van der Waals surface area contributed by atoms with Gasteiger partial charge in [0.25, 0.3) is 0 Å². The van der Waals surface area contributed by atoms with Crippen molar-refractivity contribution in [1.82, 2.24) is 0 Å². The summed E-state index contributed by atoms with van der Waals surface area (Å²) < 4.78 is 24.3. The topological polar surface area (TPSA) is 53.7 Å². The van der Waals surface area contributed by atoms with Gasteiger partial charge >= 0.3 is 0 Å². The minimum Gasteiger partial charge on any atom is -0.493 e. The number of nitrogens with two attached hydrogens (primary N) is 1. The highest BCUT2D eigenvalue weighted by Crippen LogP contribution is 2.39. The van der Waals surface area contributed by atoms with Crippen molar-refractivity contribution < 1.29 is 18.7 Å². The van der Waals surface area contributed by atoms with Crippen LogP contribution in [0.15, 0.2) is 10.5 Å². The first kappa shape index (κ1) is 13.2. The zero-order chi connectivity index (χ0) is 12.1. The molecular formula is C10H13BrFNO3. The second-order valence-electron chi connectivity index (χ2n) is 3.01. The predicted molar refractivity (Wildman–Crippen MR) is 61.0 cm³/mol. The normalized spacial score (nSPS) is 10.3. The molecule has 4 nitrogen and oxygen atoms in total. The Hall–Kier alpha value is -0.850. The summed E-state index contributed by atoms with van der Waals surface area (Å²) in [6.07, 6.45) is 0.350. The van der Waals surface area contributed by atoms with Gasteiger partial charge in [-0.25, -0.2) is 10.3 Å². The lowest BCUT2D eigenvalue weighted by Gasteiger charge is -2.13. The van der Waals surface area contributed by atoms with Crippen LogP contribution in [-0.4, -0.2) is 20.8 Å². The molecule has 1 rings (SSSR count). The van der Waals surface area contributed by atoms with E-state index in [-0.39, 0.29) is 12.4 Å². The summed E-state index contributed by atoms with van der Waals surface area (Å²) in [7, 11) is 2.94. The van der Waals surface area contributed by atoms with E-state index < -0.39 is 0 Å². The molecule has 0 saturated carbocycles. The third-order valence-electron chi connectivity index (χ3n) is 2.13. The third kappa shape index (κ3) is 2.63. The molecule has 0 saturated heterocycles. The molecule has 0 aliphatic heterocycles. The minimum atomic E-state index is -0.387. The Morgan fingerprint density at radius 3 is 2.56 bits per heavy atom. The quantitative estimate of drug-likeness (QED) is 0.844. The van der Waals surface area contributed by atoms with E-state index in [1.54, 1.807) is 0 Å². The summed E-state index contributed by atoms with van der Waals surface area (Å²) in [4.78, 5) is 4.43. The van der Waals surface area contributed by atoms with E-state index in [1.807, 2.05) is 0 Å². The number of halogens is 2. The zero-order valence-corrected chi connectivity index (χ0v) is 10.6. The zero-order valence-electron chi connectivity index (χ0n) is 9.05. The van der Waals surface area contributed by atoms with Crippen LogP contribution in [0, 0.1) is 5.82 Å². The first-order valence-electron chi connectivity index (χ1n) is 4.56. The Balaban J connectivity index is 3.18. The summed E-state index contributed by atoms with van der Waals surface area (Å²) in [6.45, 7) is 0.227. The number of hydrogen-bond acceptors (Lipinski definition) is 4. The maximum atomic E-state index is 13.7. The Kier molecular flexibility index (Phi) is 4.98. The van der Waals surface area contributed by atoms with Gasteiger partial charge in [-0.05, 0) is 15.9 Å². The Labute approximate surface area is 102 Å². The summed E-state index contributed by atoms with van der Waals surface area (Å²) in [5.41, 5.74) is 0.447. The van der Waals surface area contributed by atoms with Gasteiger partial charge in [0.1, 0.15) is 5.82 Å². The van der Waals surface area contributed by atoms with E-state index >= 15 is 0 Å². The molecular weight excluding hydrogens is 281 g/mol. The largest absolute Gasteiger partial charge is 0.493 e. The molecule has 0 aliphatic rings. The number of methoxy groups -OCH3 is 2. The van der Waals surface area contributed by atoms with Gasteiger partial charge in [-0.3, -0.25) is 0 Å². The average Bonchev–Trinajstić information content (AvgIpc) is 2.28. The predicted octanol–water partition coefficient (Wildman–Crippen LogP) is 2.04. The molecule has 90 valence electrons. The van der Waals surface area contributed by atoms with E-state index in [9.17, 15) is 4.39 Å². The van der Waals surface area contributed by atoms with E-state index in [0.717, 1.165) is 0 Å². The van der Waals surface area contributed by atoms with Crippen molar-refractivity contribution in [3.8, 4) is 11.5 Å². The average molecular weight is 294 g/mol. The number of ether oxygens (including phenoxy) is 2. The minimum absolute atomic E-state index is 0.227. The van der Waals surface area contributed by atoms with E-state index in [0.29, 0.717) is 28.0 Å². The highest BCUT2D eigenvalue weighted by atomic mass is 79.9. The van der Waals surface area contributed by atoms with Crippen LogP contribution in [0.4, 0.5) is 4.39 Å². The molecule has 0 atom stereocenters. The fourth-order valence-corrected chi connectivity index (χ4v) is 2.09. The van der Waals surface area contributed by atoms with Gasteiger partial charge in [0, 0.05) is 18.1 Å². The van der Waals surface area contributed by atoms with Crippen molar-refractivity contribution in [1.29, 1.82) is 0 Å². The molecule has 0 aliphatic carbocycles. The summed E-state index contributed by atoms with van der Waals surface area (Å²) >= 11 is 3.27. The molecule has 16 heavy (non-hydrogen) atoms. The molecule has 1 aromatic carbocycles.